The monoisotopic (exact) mass is 189 g/mol. The summed E-state index contributed by atoms with van der Waals surface area (Å²) in [5.41, 5.74) is 0.999. The highest BCUT2D eigenvalue weighted by Gasteiger charge is 2.21. The number of hydrogen-bond donors (Lipinski definition) is 1. The van der Waals surface area contributed by atoms with Gasteiger partial charge in [-0.05, 0) is 19.3 Å². The molecule has 1 aromatic heterocycles. The number of thiazole rings is 1. The summed E-state index contributed by atoms with van der Waals surface area (Å²) >= 11 is 7.12. The van der Waals surface area contributed by atoms with Gasteiger partial charge in [0.1, 0.15) is 0 Å². The molecule has 0 fully saturated rings. The van der Waals surface area contributed by atoms with E-state index in [0.717, 1.165) is 29.8 Å². The standard InChI is InChI=1S/C7H8ClNOS/c8-7-9-4-2-1-3-5(10)6(4)11-7/h5,10H,1-3H2. The van der Waals surface area contributed by atoms with Crippen LogP contribution in [0.1, 0.15) is 29.5 Å². The lowest BCUT2D eigenvalue weighted by atomic mass is 10.0. The molecule has 4 heteroatoms. The van der Waals surface area contributed by atoms with E-state index in [1.807, 2.05) is 0 Å². The summed E-state index contributed by atoms with van der Waals surface area (Å²) in [6.07, 6.45) is 2.53. The maximum absolute atomic E-state index is 9.49. The summed E-state index contributed by atoms with van der Waals surface area (Å²) in [5.74, 6) is 0. The predicted octanol–water partition coefficient (Wildman–Crippen LogP) is 2.17. The lowest BCUT2D eigenvalue weighted by Crippen LogP contribution is -2.06. The lowest BCUT2D eigenvalue weighted by Gasteiger charge is -2.14. The molecule has 1 heterocycles. The Bertz CT molecular complexity index is 273. The third-order valence-corrected chi connectivity index (χ3v) is 3.20. The number of aliphatic hydroxyl groups is 1. The SMILES string of the molecule is OC1CCCc2nc(Cl)sc21. The zero-order chi connectivity index (χ0) is 7.84. The molecule has 0 aromatic carbocycles. The summed E-state index contributed by atoms with van der Waals surface area (Å²) in [7, 11) is 0. The summed E-state index contributed by atoms with van der Waals surface area (Å²) < 4.78 is 0.552. The maximum Gasteiger partial charge on any atom is 0.184 e. The first kappa shape index (κ1) is 7.53. The van der Waals surface area contributed by atoms with E-state index in [2.05, 4.69) is 4.98 Å². The largest absolute Gasteiger partial charge is 0.388 e. The summed E-state index contributed by atoms with van der Waals surface area (Å²) in [4.78, 5) is 5.10. The first-order valence-electron chi connectivity index (χ1n) is 3.60. The van der Waals surface area contributed by atoms with Gasteiger partial charge in [-0.3, -0.25) is 0 Å². The van der Waals surface area contributed by atoms with Crippen LogP contribution in [0.25, 0.3) is 0 Å². The minimum atomic E-state index is -0.316. The Balaban J connectivity index is 2.43. The molecule has 0 aliphatic heterocycles. The molecule has 60 valence electrons. The van der Waals surface area contributed by atoms with E-state index in [1.54, 1.807) is 0 Å². The molecule has 1 aliphatic rings. The van der Waals surface area contributed by atoms with E-state index in [1.165, 1.54) is 11.3 Å². The van der Waals surface area contributed by atoms with Gasteiger partial charge in [-0.1, -0.05) is 11.6 Å². The average molecular weight is 190 g/mol. The smallest absolute Gasteiger partial charge is 0.184 e. The van der Waals surface area contributed by atoms with E-state index in [0.29, 0.717) is 4.47 Å². The lowest BCUT2D eigenvalue weighted by molar-refractivity contribution is 0.160. The third-order valence-electron chi connectivity index (χ3n) is 1.90. The van der Waals surface area contributed by atoms with Gasteiger partial charge in [0.25, 0.3) is 0 Å². The average Bonchev–Trinajstić information content (AvgIpc) is 2.31. The van der Waals surface area contributed by atoms with Crippen LogP contribution in [-0.4, -0.2) is 10.1 Å². The number of aliphatic hydroxyl groups excluding tert-OH is 1. The number of aryl methyl sites for hydroxylation is 1. The molecule has 0 bridgehead atoms. The number of aromatic nitrogens is 1. The van der Waals surface area contributed by atoms with E-state index in [-0.39, 0.29) is 6.10 Å². The minimum Gasteiger partial charge on any atom is -0.388 e. The van der Waals surface area contributed by atoms with Crippen LogP contribution < -0.4 is 0 Å². The Morgan fingerprint density at radius 3 is 3.18 bits per heavy atom. The zero-order valence-corrected chi connectivity index (χ0v) is 7.45. The van der Waals surface area contributed by atoms with Crippen LogP contribution in [0.5, 0.6) is 0 Å². The van der Waals surface area contributed by atoms with Crippen molar-refractivity contribution in [2.75, 3.05) is 0 Å². The van der Waals surface area contributed by atoms with Gasteiger partial charge in [-0.2, -0.15) is 0 Å². The van der Waals surface area contributed by atoms with Crippen molar-refractivity contribution < 1.29 is 5.11 Å². The highest BCUT2D eigenvalue weighted by Crippen LogP contribution is 2.35. The van der Waals surface area contributed by atoms with Gasteiger partial charge in [0.2, 0.25) is 0 Å². The van der Waals surface area contributed by atoms with Crippen molar-refractivity contribution in [1.82, 2.24) is 4.98 Å². The van der Waals surface area contributed by atoms with Gasteiger partial charge in [-0.25, -0.2) is 4.98 Å². The minimum absolute atomic E-state index is 0.316. The number of halogens is 1. The molecule has 0 saturated carbocycles. The van der Waals surface area contributed by atoms with Crippen molar-refractivity contribution in [3.63, 3.8) is 0 Å². The second kappa shape index (κ2) is 2.73. The van der Waals surface area contributed by atoms with Gasteiger partial charge < -0.3 is 5.11 Å². The summed E-state index contributed by atoms with van der Waals surface area (Å²) in [5, 5.41) is 9.49. The number of rotatable bonds is 0. The van der Waals surface area contributed by atoms with Crippen molar-refractivity contribution >= 4 is 22.9 Å². The Morgan fingerprint density at radius 1 is 1.64 bits per heavy atom. The maximum atomic E-state index is 9.49. The quantitative estimate of drug-likeness (QED) is 0.679. The van der Waals surface area contributed by atoms with Gasteiger partial charge in [0, 0.05) is 0 Å². The number of nitrogens with zero attached hydrogens (tertiary/aromatic N) is 1. The fraction of sp³-hybridized carbons (Fsp3) is 0.571. The van der Waals surface area contributed by atoms with Crippen LogP contribution in [0.4, 0.5) is 0 Å². The third kappa shape index (κ3) is 1.28. The summed E-state index contributed by atoms with van der Waals surface area (Å²) in [6.45, 7) is 0. The molecule has 1 N–H and O–H groups in total. The molecule has 1 unspecified atom stereocenters. The molecular weight excluding hydrogens is 182 g/mol. The normalized spacial score (nSPS) is 23.3. The summed E-state index contributed by atoms with van der Waals surface area (Å²) in [6, 6.07) is 0. The Morgan fingerprint density at radius 2 is 2.45 bits per heavy atom. The molecule has 1 aromatic rings. The van der Waals surface area contributed by atoms with Gasteiger partial charge in [0.05, 0.1) is 16.7 Å². The fourth-order valence-electron chi connectivity index (χ4n) is 1.37. The van der Waals surface area contributed by atoms with Crippen LogP contribution in [0.2, 0.25) is 4.47 Å². The van der Waals surface area contributed by atoms with Crippen LogP contribution in [0.15, 0.2) is 0 Å². The van der Waals surface area contributed by atoms with Crippen molar-refractivity contribution in [2.45, 2.75) is 25.4 Å². The molecule has 1 aliphatic carbocycles. The molecule has 0 radical (unpaired) electrons. The Labute approximate surface area is 73.8 Å². The highest BCUT2D eigenvalue weighted by molar-refractivity contribution is 7.15. The second-order valence-corrected chi connectivity index (χ2v) is 4.30. The topological polar surface area (TPSA) is 33.1 Å². The second-order valence-electron chi connectivity index (χ2n) is 2.69. The van der Waals surface area contributed by atoms with Crippen molar-refractivity contribution in [3.05, 3.63) is 15.0 Å². The zero-order valence-electron chi connectivity index (χ0n) is 5.88. The molecule has 11 heavy (non-hydrogen) atoms. The highest BCUT2D eigenvalue weighted by atomic mass is 35.5. The molecule has 2 rings (SSSR count). The molecule has 0 amide bonds. The van der Waals surface area contributed by atoms with Crippen LogP contribution >= 0.6 is 22.9 Å². The number of hydrogen-bond acceptors (Lipinski definition) is 3. The van der Waals surface area contributed by atoms with Crippen LogP contribution in [0.3, 0.4) is 0 Å². The molecule has 1 atom stereocenters. The fourth-order valence-corrected chi connectivity index (χ4v) is 2.58. The molecule has 0 saturated heterocycles. The van der Waals surface area contributed by atoms with E-state index < -0.39 is 0 Å². The predicted molar refractivity (Wildman–Crippen MR) is 45.0 cm³/mol. The van der Waals surface area contributed by atoms with Crippen molar-refractivity contribution in [2.24, 2.45) is 0 Å². The van der Waals surface area contributed by atoms with Gasteiger partial charge in [-0.15, -0.1) is 11.3 Å². The molecule has 2 nitrogen and oxygen atoms in total. The Hall–Kier alpha value is -0.120. The van der Waals surface area contributed by atoms with Crippen molar-refractivity contribution in [3.8, 4) is 0 Å². The van der Waals surface area contributed by atoms with Gasteiger partial charge >= 0.3 is 0 Å². The molecular formula is C7H8ClNOS. The van der Waals surface area contributed by atoms with Gasteiger partial charge in [0.15, 0.2) is 4.47 Å². The first-order valence-corrected chi connectivity index (χ1v) is 4.80. The number of fused-ring (bicyclic) bond motifs is 1. The van der Waals surface area contributed by atoms with E-state index in [9.17, 15) is 5.11 Å². The Kier molecular flexibility index (Phi) is 1.87. The molecule has 0 spiro atoms. The van der Waals surface area contributed by atoms with Crippen LogP contribution in [0, 0.1) is 0 Å². The first-order chi connectivity index (χ1) is 5.27. The van der Waals surface area contributed by atoms with Crippen molar-refractivity contribution in [1.29, 1.82) is 0 Å². The van der Waals surface area contributed by atoms with E-state index in [4.69, 9.17) is 11.6 Å². The van der Waals surface area contributed by atoms with Crippen LogP contribution in [-0.2, 0) is 6.42 Å². The van der Waals surface area contributed by atoms with E-state index >= 15 is 0 Å².